The van der Waals surface area contributed by atoms with Crippen LogP contribution in [0.3, 0.4) is 0 Å². The predicted molar refractivity (Wildman–Crippen MR) is 101 cm³/mol. The molecule has 0 atom stereocenters. The van der Waals surface area contributed by atoms with Gasteiger partial charge in [-0.2, -0.15) is 9.37 Å². The molecule has 0 aromatic carbocycles. The molecule has 9 nitrogen and oxygen atoms in total. The van der Waals surface area contributed by atoms with E-state index in [0.29, 0.717) is 11.8 Å². The zero-order chi connectivity index (χ0) is 18.2. The Hall–Kier alpha value is -3.66. The number of hydrazine groups is 1. The van der Waals surface area contributed by atoms with Crippen LogP contribution in [0.15, 0.2) is 71.1 Å². The summed E-state index contributed by atoms with van der Waals surface area (Å²) in [5.41, 5.74) is 5.89. The average molecular weight is 378 g/mol. The van der Waals surface area contributed by atoms with Gasteiger partial charge in [-0.1, -0.05) is 0 Å². The van der Waals surface area contributed by atoms with Gasteiger partial charge in [-0.25, -0.2) is 15.0 Å². The molecule has 0 unspecified atom stereocenters. The number of rotatable bonds is 2. The zero-order valence-corrected chi connectivity index (χ0v) is 15.0. The van der Waals surface area contributed by atoms with E-state index in [-0.39, 0.29) is 0 Å². The van der Waals surface area contributed by atoms with E-state index in [0.717, 1.165) is 28.0 Å². The summed E-state index contributed by atoms with van der Waals surface area (Å²) in [5.74, 6) is 1.79. The van der Waals surface area contributed by atoms with Gasteiger partial charge >= 0.3 is 0 Å². The number of aromatic nitrogens is 3. The van der Waals surface area contributed by atoms with E-state index in [9.17, 15) is 0 Å². The Morgan fingerprint density at radius 2 is 2.19 bits per heavy atom. The summed E-state index contributed by atoms with van der Waals surface area (Å²) in [6.45, 7) is 0. The third kappa shape index (κ3) is 2.81. The summed E-state index contributed by atoms with van der Waals surface area (Å²) in [7, 11) is 1.59. The molecule has 2 N–H and O–H groups in total. The van der Waals surface area contributed by atoms with Crippen molar-refractivity contribution in [2.45, 2.75) is 0 Å². The van der Waals surface area contributed by atoms with Crippen molar-refractivity contribution in [2.75, 3.05) is 7.11 Å². The second-order valence-corrected chi connectivity index (χ2v) is 6.50. The van der Waals surface area contributed by atoms with Crippen molar-refractivity contribution < 1.29 is 4.74 Å². The number of ether oxygens (including phenoxy) is 1. The van der Waals surface area contributed by atoms with Crippen LogP contribution < -0.4 is 20.8 Å². The Morgan fingerprint density at radius 3 is 3.04 bits per heavy atom. The lowest BCUT2D eigenvalue weighted by atomic mass is 10.2. The molecule has 0 radical (unpaired) electrons. The number of guanidine groups is 1. The number of nitrogens with one attached hydrogen (secondary N) is 2. The first kappa shape index (κ1) is 15.6. The molecule has 134 valence electrons. The maximum atomic E-state index is 5.12. The molecule has 10 heteroatoms. The van der Waals surface area contributed by atoms with Gasteiger partial charge in [0.1, 0.15) is 0 Å². The molecule has 2 aliphatic heterocycles. The van der Waals surface area contributed by atoms with Gasteiger partial charge in [-0.15, -0.1) is 0 Å². The van der Waals surface area contributed by atoms with Gasteiger partial charge in [0.25, 0.3) is 0 Å². The number of hydrogen-bond acceptors (Lipinski definition) is 9. The van der Waals surface area contributed by atoms with E-state index in [4.69, 9.17) is 4.74 Å². The Morgan fingerprint density at radius 1 is 1.22 bits per heavy atom. The first-order valence-corrected chi connectivity index (χ1v) is 8.84. The molecule has 5 heterocycles. The number of aliphatic imine (C=N–C) groups is 1. The highest BCUT2D eigenvalue weighted by Gasteiger charge is 2.24. The van der Waals surface area contributed by atoms with Crippen LogP contribution in [0.1, 0.15) is 5.56 Å². The molecule has 27 heavy (non-hydrogen) atoms. The molecule has 0 bridgehead atoms. The molecular formula is C17H14N8OS. The van der Waals surface area contributed by atoms with Gasteiger partial charge in [-0.3, -0.25) is 9.22 Å². The fraction of sp³-hybridized carbons (Fsp3) is 0.0588. The van der Waals surface area contributed by atoms with Crippen molar-refractivity contribution in [1.82, 2.24) is 28.9 Å². The third-order valence-corrected chi connectivity index (χ3v) is 4.76. The van der Waals surface area contributed by atoms with E-state index in [1.54, 1.807) is 19.5 Å². The van der Waals surface area contributed by atoms with Gasteiger partial charge in [0.15, 0.2) is 5.82 Å². The normalized spacial score (nSPS) is 16.3. The first-order valence-electron chi connectivity index (χ1n) is 8.11. The number of methoxy groups -OCH3 is 1. The van der Waals surface area contributed by atoms with Crippen LogP contribution in [0.4, 0.5) is 0 Å². The van der Waals surface area contributed by atoms with Crippen molar-refractivity contribution >= 4 is 28.9 Å². The van der Waals surface area contributed by atoms with E-state index >= 15 is 0 Å². The summed E-state index contributed by atoms with van der Waals surface area (Å²) in [6.07, 6.45) is 9.16. The molecule has 5 rings (SSSR count). The number of nitrogens with zero attached hydrogens (tertiary/aromatic N) is 6. The fourth-order valence-electron chi connectivity index (χ4n) is 2.78. The van der Waals surface area contributed by atoms with Gasteiger partial charge in [0, 0.05) is 36.4 Å². The second-order valence-electron chi connectivity index (χ2n) is 5.73. The largest absolute Gasteiger partial charge is 0.481 e. The molecule has 0 saturated heterocycles. The summed E-state index contributed by atoms with van der Waals surface area (Å²) >= 11 is 1.39. The standard InChI is InChI=1S/C17H14N8OS/c1-26-14-3-2-11(9-19-14)15-16-22-17(23-24(16)7-5-18-15)21-12-4-6-25-13(8-12)10-20-27-25/h2-10,18H,1H3,(H,22,23). The molecule has 0 amide bonds. The van der Waals surface area contributed by atoms with Crippen LogP contribution in [-0.2, 0) is 0 Å². The summed E-state index contributed by atoms with van der Waals surface area (Å²) in [6, 6.07) is 7.62. The lowest BCUT2D eigenvalue weighted by molar-refractivity contribution is 0.397. The van der Waals surface area contributed by atoms with Gasteiger partial charge < -0.3 is 10.1 Å². The highest BCUT2D eigenvalue weighted by atomic mass is 32.1. The minimum absolute atomic E-state index is 0.504. The minimum atomic E-state index is 0.504. The highest BCUT2D eigenvalue weighted by Crippen LogP contribution is 2.25. The van der Waals surface area contributed by atoms with Gasteiger partial charge in [0.2, 0.25) is 11.8 Å². The zero-order valence-electron chi connectivity index (χ0n) is 14.2. The van der Waals surface area contributed by atoms with Crippen LogP contribution in [0.25, 0.3) is 11.2 Å². The molecule has 0 saturated carbocycles. The molecular weight excluding hydrogens is 364 g/mol. The van der Waals surface area contributed by atoms with Crippen molar-refractivity contribution in [3.63, 3.8) is 0 Å². The summed E-state index contributed by atoms with van der Waals surface area (Å²) in [5, 5.41) is 5.84. The Balaban J connectivity index is 1.54. The number of hydrogen-bond donors (Lipinski definition) is 2. The topological polar surface area (TPSA) is 91.4 Å². The SMILES string of the molecule is COc1ccc(C2=C3N=C(N=c4ccn5sncc5c4)NN3C=CN2)cn1. The lowest BCUT2D eigenvalue weighted by Gasteiger charge is -2.21. The van der Waals surface area contributed by atoms with Gasteiger partial charge in [-0.05, 0) is 18.2 Å². The number of pyridine rings is 2. The number of fused-ring (bicyclic) bond motifs is 2. The van der Waals surface area contributed by atoms with Crippen molar-refractivity contribution in [2.24, 2.45) is 9.98 Å². The lowest BCUT2D eigenvalue weighted by Crippen LogP contribution is -2.34. The minimum Gasteiger partial charge on any atom is -0.481 e. The monoisotopic (exact) mass is 378 g/mol. The summed E-state index contributed by atoms with van der Waals surface area (Å²) < 4.78 is 11.2. The molecule has 2 aliphatic rings. The quantitative estimate of drug-likeness (QED) is 0.698. The van der Waals surface area contributed by atoms with Crippen LogP contribution in [-0.4, -0.2) is 31.2 Å². The average Bonchev–Trinajstić information content (AvgIpc) is 3.33. The Kier molecular flexibility index (Phi) is 3.61. The molecule has 0 aliphatic carbocycles. The molecule has 3 aromatic heterocycles. The van der Waals surface area contributed by atoms with Crippen LogP contribution in [0.2, 0.25) is 0 Å². The first-order chi connectivity index (χ1) is 13.3. The second kappa shape index (κ2) is 6.25. The van der Waals surface area contributed by atoms with Crippen LogP contribution >= 0.6 is 11.7 Å². The van der Waals surface area contributed by atoms with E-state index < -0.39 is 0 Å². The summed E-state index contributed by atoms with van der Waals surface area (Å²) in [4.78, 5) is 13.5. The Labute approximate surface area is 158 Å². The molecule has 3 aromatic rings. The fourth-order valence-corrected chi connectivity index (χ4v) is 3.34. The third-order valence-electron chi connectivity index (χ3n) is 4.06. The smallest absolute Gasteiger partial charge is 0.244 e. The maximum Gasteiger partial charge on any atom is 0.244 e. The van der Waals surface area contributed by atoms with Crippen LogP contribution in [0.5, 0.6) is 5.88 Å². The molecule has 0 fully saturated rings. The maximum absolute atomic E-state index is 5.12. The van der Waals surface area contributed by atoms with Crippen molar-refractivity contribution in [3.05, 3.63) is 72.0 Å². The predicted octanol–water partition coefficient (Wildman–Crippen LogP) is 1.28. The van der Waals surface area contributed by atoms with Crippen molar-refractivity contribution in [1.29, 1.82) is 0 Å². The highest BCUT2D eigenvalue weighted by molar-refractivity contribution is 7.00. The van der Waals surface area contributed by atoms with Crippen molar-refractivity contribution in [3.8, 4) is 5.88 Å². The van der Waals surface area contributed by atoms with Crippen LogP contribution in [0, 0.1) is 0 Å². The van der Waals surface area contributed by atoms with Gasteiger partial charge in [0.05, 0.1) is 41.6 Å². The molecule has 0 spiro atoms. The van der Waals surface area contributed by atoms with E-state index in [1.165, 1.54) is 11.7 Å². The Bertz CT molecular complexity index is 1170. The van der Waals surface area contributed by atoms with E-state index in [1.807, 2.05) is 51.7 Å². The van der Waals surface area contributed by atoms with E-state index in [2.05, 4.69) is 30.1 Å².